The topological polar surface area (TPSA) is 59.3 Å². The molecule has 1 spiro atoms. The van der Waals surface area contributed by atoms with Crippen molar-refractivity contribution in [1.29, 1.82) is 0 Å². The fraction of sp³-hybridized carbons (Fsp3) is 0.632. The maximum Gasteiger partial charge on any atom is 0.151 e. The molecule has 140 valence electrons. The van der Waals surface area contributed by atoms with Crippen LogP contribution in [0.5, 0.6) is 0 Å². The number of likely N-dealkylation sites (tertiary alicyclic amines) is 1. The first-order chi connectivity index (χ1) is 12.6. The predicted molar refractivity (Wildman–Crippen MR) is 100.0 cm³/mol. The Balaban J connectivity index is 1.49. The summed E-state index contributed by atoms with van der Waals surface area (Å²) in [7, 11) is 2.06. The molecule has 7 heteroatoms. The molecule has 0 saturated carbocycles. The molecule has 4 rings (SSSR count). The molecule has 0 aliphatic carbocycles. The van der Waals surface area contributed by atoms with Crippen LogP contribution in [0.1, 0.15) is 24.4 Å². The first-order valence-electron chi connectivity index (χ1n) is 9.45. The summed E-state index contributed by atoms with van der Waals surface area (Å²) in [5, 5.41) is 8.65. The van der Waals surface area contributed by atoms with Crippen molar-refractivity contribution in [3.05, 3.63) is 36.0 Å². The van der Waals surface area contributed by atoms with Gasteiger partial charge in [0.15, 0.2) is 5.82 Å². The molecule has 0 bridgehead atoms. The molecule has 2 saturated heterocycles. The Kier molecular flexibility index (Phi) is 4.91. The van der Waals surface area contributed by atoms with E-state index in [4.69, 9.17) is 4.74 Å². The first-order valence-corrected chi connectivity index (χ1v) is 9.45. The molecule has 2 aromatic heterocycles. The van der Waals surface area contributed by atoms with Crippen LogP contribution >= 0.6 is 0 Å². The Labute approximate surface area is 155 Å². The fourth-order valence-electron chi connectivity index (χ4n) is 4.19. The van der Waals surface area contributed by atoms with Gasteiger partial charge in [-0.2, -0.15) is 5.10 Å². The van der Waals surface area contributed by atoms with Crippen LogP contribution < -0.4 is 4.90 Å². The second-order valence-electron chi connectivity index (χ2n) is 7.78. The van der Waals surface area contributed by atoms with Gasteiger partial charge in [0.05, 0.1) is 25.5 Å². The minimum absolute atomic E-state index is 0.145. The van der Waals surface area contributed by atoms with Crippen LogP contribution in [0.3, 0.4) is 0 Å². The van der Waals surface area contributed by atoms with Crippen LogP contribution in [-0.4, -0.2) is 64.0 Å². The molecule has 7 nitrogen and oxygen atoms in total. The first kappa shape index (κ1) is 17.4. The summed E-state index contributed by atoms with van der Waals surface area (Å²) in [5.74, 6) is 2.08. The third-order valence-corrected chi connectivity index (χ3v) is 5.57. The standard InChI is InChI=1S/C19H28N6O/c1-16-4-5-17(22-21-16)25-10-11-26-15-19(14-25)6-3-8-24(13-19)12-18-20-7-9-23(18)2/h4-5,7,9H,3,6,8,10-15H2,1-2H3. The Hall–Kier alpha value is -1.99. The summed E-state index contributed by atoms with van der Waals surface area (Å²) >= 11 is 0. The highest BCUT2D eigenvalue weighted by Gasteiger charge is 2.39. The van der Waals surface area contributed by atoms with Crippen molar-refractivity contribution in [3.8, 4) is 0 Å². The van der Waals surface area contributed by atoms with E-state index in [1.165, 1.54) is 12.8 Å². The van der Waals surface area contributed by atoms with Crippen LogP contribution in [0.4, 0.5) is 5.82 Å². The van der Waals surface area contributed by atoms with E-state index in [1.807, 2.05) is 25.4 Å². The molecule has 1 unspecified atom stereocenters. The summed E-state index contributed by atoms with van der Waals surface area (Å²) in [4.78, 5) is 9.37. The molecule has 4 heterocycles. The highest BCUT2D eigenvalue weighted by molar-refractivity contribution is 5.38. The van der Waals surface area contributed by atoms with E-state index in [0.29, 0.717) is 0 Å². The molecule has 2 aliphatic rings. The number of anilines is 1. The lowest BCUT2D eigenvalue weighted by Crippen LogP contribution is -2.50. The summed E-state index contributed by atoms with van der Waals surface area (Å²) in [6, 6.07) is 4.12. The average molecular weight is 356 g/mol. The molecule has 2 aromatic rings. The van der Waals surface area contributed by atoms with Crippen molar-refractivity contribution < 1.29 is 4.74 Å². The van der Waals surface area contributed by atoms with Crippen LogP contribution in [0.15, 0.2) is 24.5 Å². The maximum absolute atomic E-state index is 6.03. The zero-order valence-corrected chi connectivity index (χ0v) is 15.8. The SMILES string of the molecule is Cc1ccc(N2CCOCC3(CCCN(Cc4nccn4C)C3)C2)nn1. The summed E-state index contributed by atoms with van der Waals surface area (Å²) in [6.45, 7) is 8.45. The lowest BCUT2D eigenvalue weighted by atomic mass is 9.80. The molecule has 26 heavy (non-hydrogen) atoms. The van der Waals surface area contributed by atoms with Gasteiger partial charge >= 0.3 is 0 Å². The third kappa shape index (κ3) is 3.73. The largest absolute Gasteiger partial charge is 0.379 e. The summed E-state index contributed by atoms with van der Waals surface area (Å²) < 4.78 is 8.14. The van der Waals surface area contributed by atoms with E-state index in [2.05, 4.69) is 42.7 Å². The zero-order chi connectivity index (χ0) is 18.0. The number of nitrogens with zero attached hydrogens (tertiary/aromatic N) is 6. The van der Waals surface area contributed by atoms with E-state index in [9.17, 15) is 0 Å². The van der Waals surface area contributed by atoms with Gasteiger partial charge in [-0.05, 0) is 38.4 Å². The monoisotopic (exact) mass is 356 g/mol. The highest BCUT2D eigenvalue weighted by atomic mass is 16.5. The maximum atomic E-state index is 6.03. The minimum atomic E-state index is 0.145. The van der Waals surface area contributed by atoms with Crippen molar-refractivity contribution in [2.75, 3.05) is 44.3 Å². The van der Waals surface area contributed by atoms with Gasteiger partial charge in [0, 0.05) is 44.5 Å². The molecule has 0 radical (unpaired) electrons. The molecular weight excluding hydrogens is 328 g/mol. The lowest BCUT2D eigenvalue weighted by Gasteiger charge is -2.43. The van der Waals surface area contributed by atoms with Gasteiger partial charge in [0.2, 0.25) is 0 Å². The molecule has 2 aliphatic heterocycles. The molecular formula is C19H28N6O. The molecule has 1 atom stereocenters. The van der Waals surface area contributed by atoms with Gasteiger partial charge in [-0.25, -0.2) is 4.98 Å². The normalized spacial score (nSPS) is 24.8. The average Bonchev–Trinajstić information content (AvgIpc) is 2.92. The third-order valence-electron chi connectivity index (χ3n) is 5.57. The van der Waals surface area contributed by atoms with Gasteiger partial charge in [0.25, 0.3) is 0 Å². The predicted octanol–water partition coefficient (Wildman–Crippen LogP) is 1.64. The van der Waals surface area contributed by atoms with E-state index in [-0.39, 0.29) is 5.41 Å². The minimum Gasteiger partial charge on any atom is -0.379 e. The molecule has 0 amide bonds. The number of hydrogen-bond acceptors (Lipinski definition) is 6. The van der Waals surface area contributed by atoms with Crippen molar-refractivity contribution in [2.24, 2.45) is 12.5 Å². The van der Waals surface area contributed by atoms with Gasteiger partial charge in [-0.15, -0.1) is 5.10 Å². The number of rotatable bonds is 3. The van der Waals surface area contributed by atoms with Crippen molar-refractivity contribution in [3.63, 3.8) is 0 Å². The van der Waals surface area contributed by atoms with Gasteiger partial charge in [-0.1, -0.05) is 0 Å². The Morgan fingerprint density at radius 2 is 2.12 bits per heavy atom. The van der Waals surface area contributed by atoms with Gasteiger partial charge in [0.1, 0.15) is 5.82 Å². The van der Waals surface area contributed by atoms with Crippen molar-refractivity contribution in [2.45, 2.75) is 26.3 Å². The molecule has 0 aromatic carbocycles. The fourth-order valence-corrected chi connectivity index (χ4v) is 4.19. The van der Waals surface area contributed by atoms with Crippen molar-refractivity contribution >= 4 is 5.82 Å². The lowest BCUT2D eigenvalue weighted by molar-refractivity contribution is 0.00966. The van der Waals surface area contributed by atoms with Crippen molar-refractivity contribution in [1.82, 2.24) is 24.6 Å². The number of hydrogen-bond donors (Lipinski definition) is 0. The summed E-state index contributed by atoms with van der Waals surface area (Å²) in [5.41, 5.74) is 1.10. The number of ether oxygens (including phenoxy) is 1. The Bertz CT molecular complexity index is 730. The molecule has 2 fully saturated rings. The van der Waals surface area contributed by atoms with Crippen LogP contribution in [0, 0.1) is 12.3 Å². The Morgan fingerprint density at radius 3 is 2.88 bits per heavy atom. The second-order valence-corrected chi connectivity index (χ2v) is 7.78. The number of aromatic nitrogens is 4. The van der Waals surface area contributed by atoms with Gasteiger partial charge in [-0.3, -0.25) is 4.90 Å². The zero-order valence-electron chi connectivity index (χ0n) is 15.8. The Morgan fingerprint density at radius 1 is 1.19 bits per heavy atom. The smallest absolute Gasteiger partial charge is 0.151 e. The second kappa shape index (κ2) is 7.32. The van der Waals surface area contributed by atoms with Crippen LogP contribution in [0.25, 0.3) is 0 Å². The van der Waals surface area contributed by atoms with Crippen LogP contribution in [-0.2, 0) is 18.3 Å². The van der Waals surface area contributed by atoms with Crippen LogP contribution in [0.2, 0.25) is 0 Å². The van der Waals surface area contributed by atoms with E-state index in [0.717, 1.165) is 63.3 Å². The molecule has 0 N–H and O–H groups in total. The van der Waals surface area contributed by atoms with E-state index in [1.54, 1.807) is 0 Å². The quantitative estimate of drug-likeness (QED) is 0.833. The number of piperidine rings is 1. The van der Waals surface area contributed by atoms with Gasteiger partial charge < -0.3 is 14.2 Å². The van der Waals surface area contributed by atoms with E-state index >= 15 is 0 Å². The summed E-state index contributed by atoms with van der Waals surface area (Å²) in [6.07, 6.45) is 6.28. The van der Waals surface area contributed by atoms with E-state index < -0.39 is 0 Å². The number of aryl methyl sites for hydroxylation is 2. The highest BCUT2D eigenvalue weighted by Crippen LogP contribution is 2.34. The number of imidazole rings is 1.